The van der Waals surface area contributed by atoms with E-state index in [1.807, 2.05) is 11.9 Å². The number of aliphatic hydroxyl groups is 1. The molecule has 3 atom stereocenters. The zero-order valence-electron chi connectivity index (χ0n) is 17.2. The molecule has 10 heteroatoms. The number of piperazine rings is 1. The van der Waals surface area contributed by atoms with Crippen molar-refractivity contribution in [2.24, 2.45) is 0 Å². The lowest BCUT2D eigenvalue weighted by atomic mass is 10.1. The van der Waals surface area contributed by atoms with E-state index in [9.17, 15) is 18.3 Å². The number of hydrogen-bond donors (Lipinski definition) is 2. The van der Waals surface area contributed by atoms with Crippen molar-refractivity contribution in [2.75, 3.05) is 46.9 Å². The first-order valence-corrected chi connectivity index (χ1v) is 11.4. The van der Waals surface area contributed by atoms with E-state index < -0.39 is 28.3 Å². The summed E-state index contributed by atoms with van der Waals surface area (Å²) in [6.07, 6.45) is 2.16. The van der Waals surface area contributed by atoms with Crippen LogP contribution >= 0.6 is 0 Å². The van der Waals surface area contributed by atoms with E-state index in [0.717, 1.165) is 13.1 Å². The maximum Gasteiger partial charge on any atom is 0.244 e. The smallest absolute Gasteiger partial charge is 0.244 e. The Morgan fingerprint density at radius 1 is 1.23 bits per heavy atom. The third-order valence-electron chi connectivity index (χ3n) is 5.34. The van der Waals surface area contributed by atoms with Gasteiger partial charge in [0.05, 0.1) is 32.3 Å². The molecule has 2 N–H and O–H groups in total. The summed E-state index contributed by atoms with van der Waals surface area (Å²) in [4.78, 5) is 16.5. The van der Waals surface area contributed by atoms with Gasteiger partial charge in [0.2, 0.25) is 15.9 Å². The minimum absolute atomic E-state index is 0.00459. The Morgan fingerprint density at radius 3 is 2.60 bits per heavy atom. The second-order valence-corrected chi connectivity index (χ2v) is 9.15. The van der Waals surface area contributed by atoms with Crippen molar-refractivity contribution in [3.63, 3.8) is 0 Å². The topological polar surface area (TPSA) is 108 Å². The largest absolute Gasteiger partial charge is 0.495 e. The van der Waals surface area contributed by atoms with Gasteiger partial charge in [0, 0.05) is 26.2 Å². The number of hydrogen-bond acceptors (Lipinski definition) is 7. The van der Waals surface area contributed by atoms with E-state index in [1.54, 1.807) is 30.4 Å². The van der Waals surface area contributed by atoms with Crippen molar-refractivity contribution in [3.8, 4) is 5.75 Å². The maximum atomic E-state index is 12.8. The van der Waals surface area contributed by atoms with Gasteiger partial charge in [0.15, 0.2) is 0 Å². The number of sulfonamides is 1. The van der Waals surface area contributed by atoms with E-state index in [1.165, 1.54) is 13.2 Å². The summed E-state index contributed by atoms with van der Waals surface area (Å²) in [5.74, 6) is 0.212. The second-order valence-electron chi connectivity index (χ2n) is 7.47. The fraction of sp³-hybridized carbons (Fsp3) is 0.550. The van der Waals surface area contributed by atoms with Gasteiger partial charge in [-0.25, -0.2) is 13.1 Å². The molecule has 0 bridgehead atoms. The van der Waals surface area contributed by atoms with Crippen LogP contribution in [0, 0.1) is 0 Å². The van der Waals surface area contributed by atoms with Crippen LogP contribution in [-0.2, 0) is 19.6 Å². The van der Waals surface area contributed by atoms with Crippen molar-refractivity contribution in [2.45, 2.75) is 29.6 Å². The molecule has 0 spiro atoms. The molecule has 0 aliphatic carbocycles. The molecule has 0 radical (unpaired) electrons. The van der Waals surface area contributed by atoms with Crippen LogP contribution in [0.5, 0.6) is 5.75 Å². The third-order valence-corrected chi connectivity index (χ3v) is 6.84. The molecule has 9 nitrogen and oxygen atoms in total. The normalized spacial score (nSPS) is 25.3. The fourth-order valence-electron chi connectivity index (χ4n) is 3.55. The molecular formula is C20H29N3O6S. The molecule has 0 saturated carbocycles. The highest BCUT2D eigenvalue weighted by molar-refractivity contribution is 7.89. The van der Waals surface area contributed by atoms with Crippen LogP contribution in [0.2, 0.25) is 0 Å². The third kappa shape index (κ3) is 5.38. The average Bonchev–Trinajstić information content (AvgIpc) is 2.75. The first-order chi connectivity index (χ1) is 14.3. The summed E-state index contributed by atoms with van der Waals surface area (Å²) in [7, 11) is -0.486. The Kier molecular flexibility index (Phi) is 7.48. The minimum atomic E-state index is -3.91. The molecule has 2 aliphatic heterocycles. The summed E-state index contributed by atoms with van der Waals surface area (Å²) in [6.45, 7) is 2.63. The van der Waals surface area contributed by atoms with E-state index >= 15 is 0 Å². The number of ether oxygens (including phenoxy) is 2. The molecule has 1 aromatic carbocycles. The molecule has 3 rings (SSSR count). The summed E-state index contributed by atoms with van der Waals surface area (Å²) < 4.78 is 39.1. The monoisotopic (exact) mass is 439 g/mol. The molecule has 1 amide bonds. The molecule has 166 valence electrons. The number of aliphatic hydroxyl groups excluding tert-OH is 1. The summed E-state index contributed by atoms with van der Waals surface area (Å²) in [5.41, 5.74) is 0. The van der Waals surface area contributed by atoms with Crippen molar-refractivity contribution in [3.05, 3.63) is 36.4 Å². The summed E-state index contributed by atoms with van der Waals surface area (Å²) >= 11 is 0. The van der Waals surface area contributed by atoms with Crippen LogP contribution in [0.15, 0.2) is 41.3 Å². The first-order valence-electron chi connectivity index (χ1n) is 9.90. The van der Waals surface area contributed by atoms with Gasteiger partial charge in [0.1, 0.15) is 16.7 Å². The lowest BCUT2D eigenvalue weighted by Crippen LogP contribution is -2.50. The van der Waals surface area contributed by atoms with Gasteiger partial charge >= 0.3 is 0 Å². The number of carbonyl (C=O) groups excluding carboxylic acids is 1. The number of nitrogens with zero attached hydrogens (tertiary/aromatic N) is 2. The van der Waals surface area contributed by atoms with Gasteiger partial charge < -0.3 is 24.4 Å². The SMILES string of the molecule is COc1ccccc1S(=O)(=O)N[C@H]1C=C[C@@H](CC(=O)N2CCN(C)CC2)O[C@@H]1CO. The number of benzene rings is 1. The van der Waals surface area contributed by atoms with E-state index in [2.05, 4.69) is 9.62 Å². The Hall–Kier alpha value is -1.98. The van der Waals surface area contributed by atoms with Gasteiger partial charge in [0.25, 0.3) is 0 Å². The van der Waals surface area contributed by atoms with Crippen LogP contribution in [-0.4, -0.2) is 94.4 Å². The number of carbonyl (C=O) groups is 1. The fourth-order valence-corrected chi connectivity index (χ4v) is 4.94. The highest BCUT2D eigenvalue weighted by Crippen LogP contribution is 2.24. The first kappa shape index (κ1) is 22.7. The number of methoxy groups -OCH3 is 1. The predicted octanol–water partition coefficient (Wildman–Crippen LogP) is -0.178. The van der Waals surface area contributed by atoms with Gasteiger partial charge in [-0.3, -0.25) is 4.79 Å². The van der Waals surface area contributed by atoms with Gasteiger partial charge in [-0.2, -0.15) is 0 Å². The zero-order chi connectivity index (χ0) is 21.7. The van der Waals surface area contributed by atoms with Crippen molar-refractivity contribution in [1.82, 2.24) is 14.5 Å². The minimum Gasteiger partial charge on any atom is -0.495 e. The van der Waals surface area contributed by atoms with Crippen LogP contribution in [0.3, 0.4) is 0 Å². The predicted molar refractivity (Wildman–Crippen MR) is 111 cm³/mol. The standard InChI is InChI=1S/C20H29N3O6S/c1-22-9-11-23(12-10-22)20(25)13-15-7-8-16(18(14-24)29-15)21-30(26,27)19-6-4-3-5-17(19)28-2/h3-8,15-16,18,21,24H,9-14H2,1-2H3/t15-,16-,18+/m0/s1. The van der Waals surface area contributed by atoms with Crippen LogP contribution in [0.1, 0.15) is 6.42 Å². The Labute approximate surface area is 177 Å². The van der Waals surface area contributed by atoms with Crippen molar-refractivity contribution < 1.29 is 27.8 Å². The quantitative estimate of drug-likeness (QED) is 0.568. The second kappa shape index (κ2) is 9.88. The number of rotatable bonds is 7. The zero-order valence-corrected chi connectivity index (χ0v) is 18.0. The lowest BCUT2D eigenvalue weighted by Gasteiger charge is -2.35. The van der Waals surface area contributed by atoms with Crippen molar-refractivity contribution >= 4 is 15.9 Å². The van der Waals surface area contributed by atoms with Gasteiger partial charge in [-0.05, 0) is 19.2 Å². The number of para-hydroxylation sites is 1. The molecular weight excluding hydrogens is 410 g/mol. The molecule has 1 saturated heterocycles. The van der Waals surface area contributed by atoms with Crippen molar-refractivity contribution in [1.29, 1.82) is 0 Å². The van der Waals surface area contributed by atoms with Gasteiger partial charge in [-0.1, -0.05) is 24.3 Å². The lowest BCUT2D eigenvalue weighted by molar-refractivity contribution is -0.136. The van der Waals surface area contributed by atoms with E-state index in [0.29, 0.717) is 13.1 Å². The molecule has 0 aromatic heterocycles. The van der Waals surface area contributed by atoms with E-state index in [-0.39, 0.29) is 29.6 Å². The highest BCUT2D eigenvalue weighted by atomic mass is 32.2. The molecule has 1 fully saturated rings. The molecule has 2 heterocycles. The van der Waals surface area contributed by atoms with Crippen LogP contribution in [0.25, 0.3) is 0 Å². The molecule has 2 aliphatic rings. The Balaban J connectivity index is 1.65. The number of likely N-dealkylation sites (N-methyl/N-ethyl adjacent to an activating group) is 1. The number of nitrogens with one attached hydrogen (secondary N) is 1. The number of amides is 1. The van der Waals surface area contributed by atoms with E-state index in [4.69, 9.17) is 9.47 Å². The highest BCUT2D eigenvalue weighted by Gasteiger charge is 2.33. The Morgan fingerprint density at radius 2 is 1.93 bits per heavy atom. The molecule has 30 heavy (non-hydrogen) atoms. The maximum absolute atomic E-state index is 12.8. The van der Waals surface area contributed by atoms with Crippen LogP contribution < -0.4 is 9.46 Å². The van der Waals surface area contributed by atoms with Crippen LogP contribution in [0.4, 0.5) is 0 Å². The summed E-state index contributed by atoms with van der Waals surface area (Å²) in [5, 5.41) is 9.74. The summed E-state index contributed by atoms with van der Waals surface area (Å²) in [6, 6.07) is 5.53. The van der Waals surface area contributed by atoms with Gasteiger partial charge in [-0.15, -0.1) is 0 Å². The Bertz CT molecular complexity index is 867. The average molecular weight is 440 g/mol. The molecule has 1 aromatic rings. The molecule has 0 unspecified atom stereocenters.